The Morgan fingerprint density at radius 3 is 2.07 bits per heavy atom. The van der Waals surface area contributed by atoms with Crippen LogP contribution in [0, 0.1) is 0 Å². The van der Waals surface area contributed by atoms with Crippen molar-refractivity contribution in [3.8, 4) is 0 Å². The number of benzene rings is 1. The third kappa shape index (κ3) is 2.55. The number of hydrogen-bond acceptors (Lipinski definition) is 1. The van der Waals surface area contributed by atoms with Crippen LogP contribution in [0.2, 0.25) is 0 Å². The van der Waals surface area contributed by atoms with Crippen LogP contribution in [-0.2, 0) is 17.2 Å². The number of halogens is 3. The second-order valence-corrected chi connectivity index (χ2v) is 3.91. The largest absolute Gasteiger partial charge is 0.416 e. The summed E-state index contributed by atoms with van der Waals surface area (Å²) in [5.41, 5.74) is -0.741. The van der Waals surface area contributed by atoms with Gasteiger partial charge in [-0.05, 0) is 31.3 Å². The van der Waals surface area contributed by atoms with Crippen molar-refractivity contribution in [1.82, 2.24) is 4.72 Å². The Morgan fingerprint density at radius 1 is 1.21 bits per heavy atom. The van der Waals surface area contributed by atoms with E-state index in [0.29, 0.717) is 4.90 Å². The topological polar surface area (TPSA) is 29.1 Å². The first-order valence-electron chi connectivity index (χ1n) is 3.71. The maximum Gasteiger partial charge on any atom is 0.416 e. The Balaban J connectivity index is 2.95. The summed E-state index contributed by atoms with van der Waals surface area (Å²) in [5, 5.41) is 0. The van der Waals surface area contributed by atoms with Gasteiger partial charge in [0, 0.05) is 0 Å². The second-order valence-electron chi connectivity index (χ2n) is 2.49. The predicted octanol–water partition coefficient (Wildman–Crippen LogP) is 1.95. The molecule has 0 bridgehead atoms. The molecule has 1 atom stereocenters. The lowest BCUT2D eigenvalue weighted by molar-refractivity contribution is -0.137. The first kappa shape index (κ1) is 11.2. The highest BCUT2D eigenvalue weighted by Gasteiger charge is 2.30. The minimum atomic E-state index is -4.35. The third-order valence-corrected chi connectivity index (χ3v) is 2.65. The molecule has 1 aromatic rings. The van der Waals surface area contributed by atoms with Crippen LogP contribution in [0.25, 0.3) is 0 Å². The van der Waals surface area contributed by atoms with Crippen molar-refractivity contribution in [2.75, 3.05) is 7.05 Å². The molecule has 0 radical (unpaired) electrons. The summed E-state index contributed by atoms with van der Waals surface area (Å²) < 4.78 is 49.9. The Hall–Kier alpha value is -0.880. The Kier molecular flexibility index (Phi) is 3.28. The molecule has 1 rings (SSSR count). The van der Waals surface area contributed by atoms with Crippen molar-refractivity contribution in [3.05, 3.63) is 29.8 Å². The summed E-state index contributed by atoms with van der Waals surface area (Å²) in [5.74, 6) is 0. The summed E-state index contributed by atoms with van der Waals surface area (Å²) >= 11 is 0. The average molecular weight is 223 g/mol. The van der Waals surface area contributed by atoms with Crippen molar-refractivity contribution in [1.29, 1.82) is 0 Å². The normalized spacial score (nSPS) is 14.0. The van der Waals surface area contributed by atoms with E-state index in [-0.39, 0.29) is 0 Å². The van der Waals surface area contributed by atoms with E-state index in [9.17, 15) is 17.4 Å². The van der Waals surface area contributed by atoms with E-state index in [1.807, 2.05) is 0 Å². The van der Waals surface area contributed by atoms with E-state index in [1.54, 1.807) is 0 Å². The van der Waals surface area contributed by atoms with Crippen LogP contribution in [0.15, 0.2) is 29.2 Å². The quantitative estimate of drug-likeness (QED) is 0.815. The van der Waals surface area contributed by atoms with Gasteiger partial charge in [-0.1, -0.05) is 0 Å². The molecule has 0 heterocycles. The molecule has 0 aliphatic rings. The number of alkyl halides is 3. The molecular formula is C8H8F3NOS. The molecule has 0 spiro atoms. The van der Waals surface area contributed by atoms with Crippen molar-refractivity contribution in [2.45, 2.75) is 11.1 Å². The second kappa shape index (κ2) is 4.10. The first-order chi connectivity index (χ1) is 6.45. The summed E-state index contributed by atoms with van der Waals surface area (Å²) in [7, 11) is 0.0233. The lowest BCUT2D eigenvalue weighted by atomic mass is 10.2. The maximum atomic E-state index is 12.1. The lowest BCUT2D eigenvalue weighted by Crippen LogP contribution is -2.11. The van der Waals surface area contributed by atoms with Crippen LogP contribution in [0.5, 0.6) is 0 Å². The van der Waals surface area contributed by atoms with Gasteiger partial charge in [-0.2, -0.15) is 13.2 Å². The molecule has 1 N–H and O–H groups in total. The fourth-order valence-electron chi connectivity index (χ4n) is 0.885. The zero-order valence-electron chi connectivity index (χ0n) is 7.26. The van der Waals surface area contributed by atoms with Crippen LogP contribution in [0.1, 0.15) is 5.56 Å². The van der Waals surface area contributed by atoms with E-state index < -0.39 is 22.7 Å². The lowest BCUT2D eigenvalue weighted by Gasteiger charge is -2.06. The molecule has 1 unspecified atom stereocenters. The first-order valence-corrected chi connectivity index (χ1v) is 4.86. The minimum Gasteiger partial charge on any atom is -0.238 e. The fraction of sp³-hybridized carbons (Fsp3) is 0.250. The summed E-state index contributed by atoms with van der Waals surface area (Å²) in [6, 6.07) is 4.19. The molecule has 0 fully saturated rings. The standard InChI is InChI=1S/C8H8F3NOS/c1-12-14(13)7-4-2-6(3-5-7)8(9,10)11/h2-5,12H,1H3. The number of rotatable bonds is 2. The molecule has 78 valence electrons. The van der Waals surface area contributed by atoms with Crippen LogP contribution < -0.4 is 4.72 Å². The summed E-state index contributed by atoms with van der Waals surface area (Å²) in [6.45, 7) is 0. The molecule has 0 aliphatic carbocycles. The zero-order chi connectivity index (χ0) is 10.8. The zero-order valence-corrected chi connectivity index (χ0v) is 8.08. The van der Waals surface area contributed by atoms with Gasteiger partial charge in [0.2, 0.25) is 0 Å². The number of nitrogens with one attached hydrogen (secondary N) is 1. The predicted molar refractivity (Wildman–Crippen MR) is 46.9 cm³/mol. The van der Waals surface area contributed by atoms with E-state index in [0.717, 1.165) is 12.1 Å². The van der Waals surface area contributed by atoms with Crippen LogP contribution >= 0.6 is 0 Å². The van der Waals surface area contributed by atoms with Gasteiger partial charge in [0.05, 0.1) is 10.5 Å². The highest BCUT2D eigenvalue weighted by Crippen LogP contribution is 2.29. The van der Waals surface area contributed by atoms with E-state index in [4.69, 9.17) is 0 Å². The Labute approximate surface area is 81.7 Å². The molecule has 14 heavy (non-hydrogen) atoms. The molecule has 0 amide bonds. The van der Waals surface area contributed by atoms with Crippen molar-refractivity contribution in [3.63, 3.8) is 0 Å². The molecule has 0 aliphatic heterocycles. The highest BCUT2D eigenvalue weighted by atomic mass is 32.2. The molecule has 0 saturated heterocycles. The van der Waals surface area contributed by atoms with E-state index in [1.165, 1.54) is 19.2 Å². The van der Waals surface area contributed by atoms with Crippen LogP contribution in [0.3, 0.4) is 0 Å². The smallest absolute Gasteiger partial charge is 0.238 e. The van der Waals surface area contributed by atoms with Gasteiger partial charge in [-0.25, -0.2) is 8.93 Å². The Morgan fingerprint density at radius 2 is 1.71 bits per heavy atom. The monoisotopic (exact) mass is 223 g/mol. The highest BCUT2D eigenvalue weighted by molar-refractivity contribution is 7.83. The molecule has 2 nitrogen and oxygen atoms in total. The minimum absolute atomic E-state index is 0.320. The van der Waals surface area contributed by atoms with E-state index >= 15 is 0 Å². The van der Waals surface area contributed by atoms with Crippen molar-refractivity contribution >= 4 is 11.0 Å². The van der Waals surface area contributed by atoms with Crippen molar-refractivity contribution < 1.29 is 17.4 Å². The van der Waals surface area contributed by atoms with Crippen molar-refractivity contribution in [2.24, 2.45) is 0 Å². The molecule has 1 aromatic carbocycles. The summed E-state index contributed by atoms with van der Waals surface area (Å²) in [4.78, 5) is 0.320. The third-order valence-electron chi connectivity index (χ3n) is 1.58. The van der Waals surface area contributed by atoms with Gasteiger partial charge in [-0.3, -0.25) is 0 Å². The van der Waals surface area contributed by atoms with Gasteiger partial charge in [0.25, 0.3) is 0 Å². The van der Waals surface area contributed by atoms with E-state index in [2.05, 4.69) is 4.72 Å². The van der Waals surface area contributed by atoms with Gasteiger partial charge in [0.15, 0.2) is 0 Å². The average Bonchev–Trinajstić information content (AvgIpc) is 2.15. The van der Waals surface area contributed by atoms with Gasteiger partial charge in [0.1, 0.15) is 11.0 Å². The molecule has 6 heteroatoms. The SMILES string of the molecule is CNS(=O)c1ccc(C(F)(F)F)cc1. The molecular weight excluding hydrogens is 215 g/mol. The molecule has 0 saturated carbocycles. The number of hydrogen-bond donors (Lipinski definition) is 1. The maximum absolute atomic E-state index is 12.1. The Bertz CT molecular complexity index is 333. The molecule has 0 aromatic heterocycles. The fourth-order valence-corrected chi connectivity index (χ4v) is 1.50. The van der Waals surface area contributed by atoms with Gasteiger partial charge in [-0.15, -0.1) is 0 Å². The van der Waals surface area contributed by atoms with Crippen LogP contribution in [0.4, 0.5) is 13.2 Å². The van der Waals surface area contributed by atoms with Crippen LogP contribution in [-0.4, -0.2) is 11.3 Å². The van der Waals surface area contributed by atoms with Gasteiger partial charge < -0.3 is 0 Å². The van der Waals surface area contributed by atoms with Gasteiger partial charge >= 0.3 is 6.18 Å². The summed E-state index contributed by atoms with van der Waals surface area (Å²) in [6.07, 6.45) is -4.35.